The monoisotopic (exact) mass is 334 g/mol. The van der Waals surface area contributed by atoms with Crippen LogP contribution in [-0.4, -0.2) is 21.3 Å². The molecule has 0 aliphatic rings. The molecule has 0 radical (unpaired) electrons. The Balaban J connectivity index is 3.02. The van der Waals surface area contributed by atoms with Gasteiger partial charge in [0.2, 0.25) is 0 Å². The first-order chi connectivity index (χ1) is 8.44. The summed E-state index contributed by atoms with van der Waals surface area (Å²) in [6.45, 7) is 4.04. The van der Waals surface area contributed by atoms with Crippen molar-refractivity contribution in [2.45, 2.75) is 31.6 Å². The third-order valence-electron chi connectivity index (χ3n) is 3.09. The molecule has 18 heavy (non-hydrogen) atoms. The van der Waals surface area contributed by atoms with Crippen molar-refractivity contribution in [2.24, 2.45) is 5.92 Å². The highest BCUT2D eigenvalue weighted by Crippen LogP contribution is 2.28. The first kappa shape index (κ1) is 15.5. The summed E-state index contributed by atoms with van der Waals surface area (Å²) in [6, 6.07) is 4.88. The molecule has 0 fully saturated rings. The van der Waals surface area contributed by atoms with Gasteiger partial charge in [0.15, 0.2) is 9.84 Å². The van der Waals surface area contributed by atoms with Crippen LogP contribution in [0.1, 0.15) is 26.7 Å². The second-order valence-corrected chi connectivity index (χ2v) is 7.15. The van der Waals surface area contributed by atoms with Gasteiger partial charge in [-0.05, 0) is 40.0 Å². The molecule has 5 heteroatoms. The van der Waals surface area contributed by atoms with Gasteiger partial charge in [-0.1, -0.05) is 26.7 Å². The molecular weight excluding hydrogens is 316 g/mol. The molecule has 0 amide bonds. The highest BCUT2D eigenvalue weighted by atomic mass is 79.9. The smallest absolute Gasteiger partial charge is 0.178 e. The van der Waals surface area contributed by atoms with E-state index < -0.39 is 9.84 Å². The fourth-order valence-electron chi connectivity index (χ4n) is 1.77. The Morgan fingerprint density at radius 2 is 1.89 bits per heavy atom. The van der Waals surface area contributed by atoms with E-state index in [9.17, 15) is 8.42 Å². The molecule has 1 aromatic rings. The number of halogens is 1. The van der Waals surface area contributed by atoms with Crippen LogP contribution in [0.5, 0.6) is 5.75 Å². The summed E-state index contributed by atoms with van der Waals surface area (Å²) in [5.41, 5.74) is 0. The summed E-state index contributed by atoms with van der Waals surface area (Å²) >= 11 is 3.31. The first-order valence-corrected chi connectivity index (χ1v) is 8.45. The lowest BCUT2D eigenvalue weighted by Gasteiger charge is -2.13. The Morgan fingerprint density at radius 3 is 2.33 bits per heavy atom. The van der Waals surface area contributed by atoms with Crippen LogP contribution < -0.4 is 4.74 Å². The van der Waals surface area contributed by atoms with E-state index in [-0.39, 0.29) is 11.7 Å². The van der Waals surface area contributed by atoms with E-state index in [2.05, 4.69) is 15.9 Å². The average Bonchev–Trinajstić information content (AvgIpc) is 2.35. The van der Waals surface area contributed by atoms with Crippen LogP contribution in [0.15, 0.2) is 27.6 Å². The number of methoxy groups -OCH3 is 1. The second-order valence-electron chi connectivity index (χ2n) is 4.26. The molecule has 0 aromatic heterocycles. The Morgan fingerprint density at radius 1 is 1.28 bits per heavy atom. The molecule has 0 atom stereocenters. The minimum Gasteiger partial charge on any atom is -0.496 e. The van der Waals surface area contributed by atoms with Gasteiger partial charge in [0, 0.05) is 0 Å². The molecule has 0 bridgehead atoms. The van der Waals surface area contributed by atoms with Gasteiger partial charge in [0.25, 0.3) is 0 Å². The molecule has 0 spiro atoms. The quantitative estimate of drug-likeness (QED) is 0.797. The number of hydrogen-bond donors (Lipinski definition) is 0. The van der Waals surface area contributed by atoms with E-state index in [0.29, 0.717) is 15.1 Å². The Kier molecular flexibility index (Phi) is 5.66. The minimum atomic E-state index is -3.22. The normalized spacial score (nSPS) is 11.8. The predicted octanol–water partition coefficient (Wildman–Crippen LogP) is 3.67. The molecule has 102 valence electrons. The van der Waals surface area contributed by atoms with Crippen molar-refractivity contribution < 1.29 is 13.2 Å². The molecule has 0 N–H and O–H groups in total. The topological polar surface area (TPSA) is 43.4 Å². The van der Waals surface area contributed by atoms with Crippen molar-refractivity contribution in [3.05, 3.63) is 22.7 Å². The zero-order valence-electron chi connectivity index (χ0n) is 10.9. The van der Waals surface area contributed by atoms with Crippen molar-refractivity contribution in [1.82, 2.24) is 0 Å². The summed E-state index contributed by atoms with van der Waals surface area (Å²) in [5, 5.41) is 0. The maximum absolute atomic E-state index is 12.3. The number of hydrogen-bond acceptors (Lipinski definition) is 3. The number of benzene rings is 1. The predicted molar refractivity (Wildman–Crippen MR) is 76.8 cm³/mol. The lowest BCUT2D eigenvalue weighted by atomic mass is 10.1. The fourth-order valence-corrected chi connectivity index (χ4v) is 4.32. The minimum absolute atomic E-state index is 0.207. The Bertz CT molecular complexity index is 493. The van der Waals surface area contributed by atoms with Gasteiger partial charge in [-0.15, -0.1) is 0 Å². The third-order valence-corrected chi connectivity index (χ3v) is 5.59. The Labute approximate surface area is 118 Å². The van der Waals surface area contributed by atoms with Gasteiger partial charge in [-0.3, -0.25) is 0 Å². The second kappa shape index (κ2) is 6.57. The summed E-state index contributed by atoms with van der Waals surface area (Å²) in [6.07, 6.45) is 1.76. The van der Waals surface area contributed by atoms with Gasteiger partial charge in [0.1, 0.15) is 5.75 Å². The third kappa shape index (κ3) is 3.72. The fraction of sp³-hybridized carbons (Fsp3) is 0.538. The summed E-state index contributed by atoms with van der Waals surface area (Å²) < 4.78 is 30.3. The molecule has 3 nitrogen and oxygen atoms in total. The Hall–Kier alpha value is -0.550. The molecule has 0 saturated heterocycles. The van der Waals surface area contributed by atoms with Gasteiger partial charge in [0.05, 0.1) is 22.2 Å². The average molecular weight is 335 g/mol. The lowest BCUT2D eigenvalue weighted by molar-refractivity contribution is 0.411. The van der Waals surface area contributed by atoms with Crippen molar-refractivity contribution >= 4 is 25.8 Å². The van der Waals surface area contributed by atoms with Gasteiger partial charge in [-0.2, -0.15) is 0 Å². The van der Waals surface area contributed by atoms with Crippen LogP contribution in [0.4, 0.5) is 0 Å². The van der Waals surface area contributed by atoms with E-state index in [1.54, 1.807) is 25.3 Å². The van der Waals surface area contributed by atoms with Gasteiger partial charge < -0.3 is 4.74 Å². The molecule has 0 saturated carbocycles. The maximum Gasteiger partial charge on any atom is 0.178 e. The van der Waals surface area contributed by atoms with Crippen LogP contribution in [0.25, 0.3) is 0 Å². The molecule has 0 unspecified atom stereocenters. The number of sulfone groups is 1. The zero-order valence-corrected chi connectivity index (χ0v) is 13.3. The van der Waals surface area contributed by atoms with Crippen LogP contribution in [0.3, 0.4) is 0 Å². The van der Waals surface area contributed by atoms with Crippen molar-refractivity contribution in [3.63, 3.8) is 0 Å². The van der Waals surface area contributed by atoms with E-state index >= 15 is 0 Å². The van der Waals surface area contributed by atoms with Crippen molar-refractivity contribution in [2.75, 3.05) is 12.9 Å². The first-order valence-electron chi connectivity index (χ1n) is 6.00. The summed E-state index contributed by atoms with van der Waals surface area (Å²) in [5.74, 6) is 1.06. The van der Waals surface area contributed by atoms with E-state index in [0.717, 1.165) is 12.8 Å². The highest BCUT2D eigenvalue weighted by Gasteiger charge is 2.20. The van der Waals surface area contributed by atoms with Gasteiger partial charge in [-0.25, -0.2) is 8.42 Å². The molecule has 1 rings (SSSR count). The lowest BCUT2D eigenvalue weighted by Crippen LogP contribution is -2.15. The van der Waals surface area contributed by atoms with Crippen LogP contribution >= 0.6 is 15.9 Å². The van der Waals surface area contributed by atoms with E-state index in [4.69, 9.17) is 4.74 Å². The van der Waals surface area contributed by atoms with Crippen LogP contribution in [0, 0.1) is 5.92 Å². The highest BCUT2D eigenvalue weighted by molar-refractivity contribution is 9.10. The molecule has 0 aliphatic carbocycles. The SMILES string of the molecule is CCC(CC)CS(=O)(=O)c1ccc(OC)c(Br)c1. The number of rotatable bonds is 6. The van der Waals surface area contributed by atoms with Gasteiger partial charge >= 0.3 is 0 Å². The van der Waals surface area contributed by atoms with Crippen molar-refractivity contribution in [1.29, 1.82) is 0 Å². The molecule has 0 aliphatic heterocycles. The summed E-state index contributed by atoms with van der Waals surface area (Å²) in [4.78, 5) is 0.349. The standard InChI is InChI=1S/C13H19BrO3S/c1-4-10(5-2)9-18(15,16)11-6-7-13(17-3)12(14)8-11/h6-8,10H,4-5,9H2,1-3H3. The molecule has 0 heterocycles. The van der Waals surface area contributed by atoms with E-state index in [1.165, 1.54) is 0 Å². The van der Waals surface area contributed by atoms with Crippen molar-refractivity contribution in [3.8, 4) is 5.75 Å². The molecular formula is C13H19BrO3S. The largest absolute Gasteiger partial charge is 0.496 e. The maximum atomic E-state index is 12.3. The van der Waals surface area contributed by atoms with Crippen LogP contribution in [-0.2, 0) is 9.84 Å². The van der Waals surface area contributed by atoms with Crippen LogP contribution in [0.2, 0.25) is 0 Å². The van der Waals surface area contributed by atoms with E-state index in [1.807, 2.05) is 13.8 Å². The summed E-state index contributed by atoms with van der Waals surface area (Å²) in [7, 11) is -1.66. The zero-order chi connectivity index (χ0) is 13.8. The number of ether oxygens (including phenoxy) is 1. The molecule has 1 aromatic carbocycles.